The molecule has 2 aromatic rings. The standard InChI is InChI=1S/C16H13N3O5/c1-7-4-3-5-8(16(23)24-2)12(7)19-10(20)6-9-11(13(19)17)15(22)18-14(9)21/h3-6H,17H2,1-2H3,(H,18,21,22). The molecule has 0 unspecified atom stereocenters. The van der Waals surface area contributed by atoms with Crippen LogP contribution in [0.25, 0.3) is 5.69 Å². The van der Waals surface area contributed by atoms with Crippen molar-refractivity contribution >= 4 is 23.6 Å². The number of aryl methyl sites for hydroxylation is 1. The molecule has 0 saturated carbocycles. The zero-order valence-electron chi connectivity index (χ0n) is 12.9. The molecule has 1 aliphatic rings. The SMILES string of the molecule is COC(=O)c1cccc(C)c1-n1c(N)c2c(cc1=O)C(=O)NC2=O. The highest BCUT2D eigenvalue weighted by Gasteiger charge is 2.32. The molecule has 0 fully saturated rings. The van der Waals surface area contributed by atoms with Gasteiger partial charge < -0.3 is 10.5 Å². The summed E-state index contributed by atoms with van der Waals surface area (Å²) >= 11 is 0. The third-order valence-electron chi connectivity index (χ3n) is 3.82. The first-order valence-electron chi connectivity index (χ1n) is 6.96. The van der Waals surface area contributed by atoms with Crippen molar-refractivity contribution in [2.75, 3.05) is 12.8 Å². The molecule has 8 heteroatoms. The molecule has 2 amide bonds. The smallest absolute Gasteiger partial charge is 0.340 e. The fourth-order valence-corrected chi connectivity index (χ4v) is 2.74. The van der Waals surface area contributed by atoms with Crippen LogP contribution in [0.5, 0.6) is 0 Å². The van der Waals surface area contributed by atoms with Crippen LogP contribution >= 0.6 is 0 Å². The van der Waals surface area contributed by atoms with E-state index in [1.54, 1.807) is 19.1 Å². The number of methoxy groups -OCH3 is 1. The van der Waals surface area contributed by atoms with E-state index in [0.29, 0.717) is 5.56 Å². The lowest BCUT2D eigenvalue weighted by atomic mass is 10.1. The molecule has 2 heterocycles. The molecule has 0 aliphatic carbocycles. The Labute approximate surface area is 135 Å². The highest BCUT2D eigenvalue weighted by molar-refractivity contribution is 6.23. The summed E-state index contributed by atoms with van der Waals surface area (Å²) < 4.78 is 5.78. The molecule has 0 spiro atoms. The summed E-state index contributed by atoms with van der Waals surface area (Å²) in [6.07, 6.45) is 0. The van der Waals surface area contributed by atoms with Gasteiger partial charge in [-0.2, -0.15) is 0 Å². The molecule has 0 atom stereocenters. The Morgan fingerprint density at radius 2 is 1.92 bits per heavy atom. The molecule has 3 rings (SSSR count). The number of imide groups is 1. The number of nitrogens with one attached hydrogen (secondary N) is 1. The third kappa shape index (κ3) is 2.08. The maximum atomic E-state index is 12.5. The third-order valence-corrected chi connectivity index (χ3v) is 3.82. The molecule has 0 saturated heterocycles. The average Bonchev–Trinajstić information content (AvgIpc) is 2.82. The first-order chi connectivity index (χ1) is 11.4. The Hall–Kier alpha value is -3.42. The number of carbonyl (C=O) groups is 3. The molecule has 8 nitrogen and oxygen atoms in total. The van der Waals surface area contributed by atoms with Crippen LogP contribution in [0.3, 0.4) is 0 Å². The van der Waals surface area contributed by atoms with Crippen LogP contribution < -0.4 is 16.6 Å². The molecule has 1 aliphatic heterocycles. The maximum Gasteiger partial charge on any atom is 0.340 e. The minimum atomic E-state index is -0.686. The van der Waals surface area contributed by atoms with Crippen molar-refractivity contribution in [2.24, 2.45) is 0 Å². The average molecular weight is 327 g/mol. The molecule has 122 valence electrons. The zero-order chi connectivity index (χ0) is 17.6. The Morgan fingerprint density at radius 3 is 2.58 bits per heavy atom. The minimum absolute atomic E-state index is 0.0769. The van der Waals surface area contributed by atoms with E-state index in [2.05, 4.69) is 5.32 Å². The first kappa shape index (κ1) is 15.5. The summed E-state index contributed by atoms with van der Waals surface area (Å²) in [5.41, 5.74) is 6.12. The van der Waals surface area contributed by atoms with Crippen LogP contribution in [-0.4, -0.2) is 29.5 Å². The van der Waals surface area contributed by atoms with Crippen molar-refractivity contribution < 1.29 is 19.1 Å². The predicted molar refractivity (Wildman–Crippen MR) is 84.3 cm³/mol. The number of hydrogen-bond donors (Lipinski definition) is 2. The lowest BCUT2D eigenvalue weighted by Crippen LogP contribution is -2.26. The zero-order valence-corrected chi connectivity index (χ0v) is 12.9. The molecule has 3 N–H and O–H groups in total. The summed E-state index contributed by atoms with van der Waals surface area (Å²) in [7, 11) is 1.22. The van der Waals surface area contributed by atoms with E-state index < -0.39 is 23.3 Å². The van der Waals surface area contributed by atoms with Gasteiger partial charge >= 0.3 is 5.97 Å². The van der Waals surface area contributed by atoms with Crippen molar-refractivity contribution in [2.45, 2.75) is 6.92 Å². The van der Waals surface area contributed by atoms with Gasteiger partial charge in [0.05, 0.1) is 29.5 Å². The quantitative estimate of drug-likeness (QED) is 0.608. The lowest BCUT2D eigenvalue weighted by Gasteiger charge is -2.17. The number of rotatable bonds is 2. The Balaban J connectivity index is 2.40. The monoisotopic (exact) mass is 327 g/mol. The van der Waals surface area contributed by atoms with Gasteiger partial charge in [-0.25, -0.2) is 4.79 Å². The number of aromatic nitrogens is 1. The van der Waals surface area contributed by atoms with Crippen LogP contribution in [0.15, 0.2) is 29.1 Å². The number of nitrogens with zero attached hydrogens (tertiary/aromatic N) is 1. The Kier molecular flexibility index (Phi) is 3.44. The van der Waals surface area contributed by atoms with Gasteiger partial charge in [-0.1, -0.05) is 12.1 Å². The number of anilines is 1. The molecule has 1 aromatic carbocycles. The van der Waals surface area contributed by atoms with Crippen molar-refractivity contribution in [1.82, 2.24) is 9.88 Å². The molecular weight excluding hydrogens is 314 g/mol. The van der Waals surface area contributed by atoms with Crippen LogP contribution in [0.1, 0.15) is 36.6 Å². The van der Waals surface area contributed by atoms with Gasteiger partial charge in [0.1, 0.15) is 5.82 Å². The van der Waals surface area contributed by atoms with E-state index in [1.807, 2.05) is 0 Å². The van der Waals surface area contributed by atoms with Crippen molar-refractivity contribution in [3.05, 3.63) is 56.9 Å². The second-order valence-corrected chi connectivity index (χ2v) is 5.24. The van der Waals surface area contributed by atoms with E-state index in [4.69, 9.17) is 10.5 Å². The van der Waals surface area contributed by atoms with Crippen LogP contribution in [0.2, 0.25) is 0 Å². The maximum absolute atomic E-state index is 12.5. The molecule has 24 heavy (non-hydrogen) atoms. The van der Waals surface area contributed by atoms with Gasteiger partial charge in [-0.05, 0) is 18.6 Å². The van der Waals surface area contributed by atoms with Gasteiger partial charge in [-0.15, -0.1) is 0 Å². The van der Waals surface area contributed by atoms with Crippen LogP contribution in [0, 0.1) is 6.92 Å². The number of para-hydroxylation sites is 1. The predicted octanol–water partition coefficient (Wildman–Crippen LogP) is 0.398. The summed E-state index contributed by atoms with van der Waals surface area (Å²) in [5, 5.41) is 2.09. The lowest BCUT2D eigenvalue weighted by molar-refractivity contribution is 0.0600. The number of pyridine rings is 1. The number of nitrogens with two attached hydrogens (primary N) is 1. The molecule has 0 bridgehead atoms. The Bertz CT molecular complexity index is 974. The van der Waals surface area contributed by atoms with Crippen LogP contribution in [0.4, 0.5) is 5.82 Å². The summed E-state index contributed by atoms with van der Waals surface area (Å²) in [6, 6.07) is 5.83. The van der Waals surface area contributed by atoms with Gasteiger partial charge in [0.2, 0.25) is 0 Å². The highest BCUT2D eigenvalue weighted by Crippen LogP contribution is 2.26. The van der Waals surface area contributed by atoms with Gasteiger partial charge in [-0.3, -0.25) is 24.3 Å². The normalized spacial score (nSPS) is 12.8. The number of carbonyl (C=O) groups excluding carboxylic acids is 3. The largest absolute Gasteiger partial charge is 0.465 e. The number of fused-ring (bicyclic) bond motifs is 1. The van der Waals surface area contributed by atoms with Gasteiger partial charge in [0.15, 0.2) is 0 Å². The van der Waals surface area contributed by atoms with E-state index in [-0.39, 0.29) is 28.2 Å². The fraction of sp³-hybridized carbons (Fsp3) is 0.125. The number of nitrogen functional groups attached to an aromatic ring is 1. The number of amides is 2. The van der Waals surface area contributed by atoms with Crippen molar-refractivity contribution in [3.8, 4) is 5.69 Å². The second-order valence-electron chi connectivity index (χ2n) is 5.24. The minimum Gasteiger partial charge on any atom is -0.465 e. The van der Waals surface area contributed by atoms with Gasteiger partial charge in [0.25, 0.3) is 17.4 Å². The number of hydrogen-bond acceptors (Lipinski definition) is 6. The fourth-order valence-electron chi connectivity index (χ4n) is 2.74. The molecular formula is C16H13N3O5. The molecule has 0 radical (unpaired) electrons. The Morgan fingerprint density at radius 1 is 1.21 bits per heavy atom. The van der Waals surface area contributed by atoms with E-state index in [0.717, 1.165) is 10.6 Å². The summed E-state index contributed by atoms with van der Waals surface area (Å²) in [5.74, 6) is -2.22. The molecule has 1 aromatic heterocycles. The van der Waals surface area contributed by atoms with E-state index in [9.17, 15) is 19.2 Å². The van der Waals surface area contributed by atoms with Crippen molar-refractivity contribution in [3.63, 3.8) is 0 Å². The number of benzene rings is 1. The summed E-state index contributed by atoms with van der Waals surface area (Å²) in [6.45, 7) is 1.69. The highest BCUT2D eigenvalue weighted by atomic mass is 16.5. The van der Waals surface area contributed by atoms with Crippen LogP contribution in [-0.2, 0) is 4.74 Å². The van der Waals surface area contributed by atoms with Crippen molar-refractivity contribution in [1.29, 1.82) is 0 Å². The van der Waals surface area contributed by atoms with E-state index >= 15 is 0 Å². The topological polar surface area (TPSA) is 120 Å². The number of ether oxygens (including phenoxy) is 1. The van der Waals surface area contributed by atoms with E-state index in [1.165, 1.54) is 13.2 Å². The summed E-state index contributed by atoms with van der Waals surface area (Å²) in [4.78, 5) is 48.2. The van der Waals surface area contributed by atoms with Gasteiger partial charge in [0, 0.05) is 6.07 Å². The number of esters is 1. The first-order valence-corrected chi connectivity index (χ1v) is 6.96. The second kappa shape index (κ2) is 5.34.